The fourth-order valence-corrected chi connectivity index (χ4v) is 2.28. The summed E-state index contributed by atoms with van der Waals surface area (Å²) in [7, 11) is 0. The van der Waals surface area contributed by atoms with Crippen LogP contribution in [0.2, 0.25) is 5.02 Å². The number of ether oxygens (including phenoxy) is 1. The molecule has 0 atom stereocenters. The van der Waals surface area contributed by atoms with Crippen LogP contribution < -0.4 is 10.5 Å². The van der Waals surface area contributed by atoms with E-state index in [0.29, 0.717) is 17.4 Å². The third-order valence-corrected chi connectivity index (χ3v) is 3.42. The number of hydrogen-bond acceptors (Lipinski definition) is 3. The number of aromatic nitrogens is 1. The van der Waals surface area contributed by atoms with Gasteiger partial charge in [0.15, 0.2) is 0 Å². The standard InChI is InChI=1S/C16H13ClN2O/c17-13-5-1-2-6-15(13)20-10-11-7-8-14(18)12-4-3-9-19-16(11)12/h1-9H,10,18H2. The predicted molar refractivity (Wildman–Crippen MR) is 81.9 cm³/mol. The lowest BCUT2D eigenvalue weighted by atomic mass is 10.1. The van der Waals surface area contributed by atoms with E-state index in [1.807, 2.05) is 42.5 Å². The van der Waals surface area contributed by atoms with Crippen LogP contribution >= 0.6 is 11.6 Å². The van der Waals surface area contributed by atoms with Crippen molar-refractivity contribution in [1.82, 2.24) is 4.98 Å². The molecule has 0 unspecified atom stereocenters. The third kappa shape index (κ3) is 2.40. The number of nitrogens with two attached hydrogens (primary N) is 1. The predicted octanol–water partition coefficient (Wildman–Crippen LogP) is 4.05. The number of halogens is 1. The van der Waals surface area contributed by atoms with Crippen LogP contribution in [0.4, 0.5) is 5.69 Å². The van der Waals surface area contributed by atoms with Gasteiger partial charge in [0, 0.05) is 22.8 Å². The van der Waals surface area contributed by atoms with Gasteiger partial charge in [-0.05, 0) is 30.3 Å². The van der Waals surface area contributed by atoms with Gasteiger partial charge in [-0.1, -0.05) is 29.8 Å². The molecular formula is C16H13ClN2O. The number of nitrogens with zero attached hydrogens (tertiary/aromatic N) is 1. The van der Waals surface area contributed by atoms with Crippen LogP contribution in [-0.4, -0.2) is 4.98 Å². The molecule has 1 aromatic heterocycles. The summed E-state index contributed by atoms with van der Waals surface area (Å²) >= 11 is 6.07. The van der Waals surface area contributed by atoms with E-state index >= 15 is 0 Å². The highest BCUT2D eigenvalue weighted by Crippen LogP contribution is 2.27. The highest BCUT2D eigenvalue weighted by atomic mass is 35.5. The first kappa shape index (κ1) is 12.8. The topological polar surface area (TPSA) is 48.1 Å². The number of benzene rings is 2. The molecule has 0 radical (unpaired) electrons. The summed E-state index contributed by atoms with van der Waals surface area (Å²) in [6.07, 6.45) is 1.75. The fourth-order valence-electron chi connectivity index (χ4n) is 2.09. The minimum atomic E-state index is 0.400. The maximum atomic E-state index is 6.07. The Morgan fingerprint density at radius 2 is 1.90 bits per heavy atom. The van der Waals surface area contributed by atoms with Crippen molar-refractivity contribution in [2.45, 2.75) is 6.61 Å². The molecule has 20 heavy (non-hydrogen) atoms. The van der Waals surface area contributed by atoms with E-state index in [1.165, 1.54) is 0 Å². The Bertz CT molecular complexity index is 758. The smallest absolute Gasteiger partial charge is 0.138 e. The second-order valence-corrected chi connectivity index (χ2v) is 4.84. The van der Waals surface area contributed by atoms with Crippen LogP contribution in [0, 0.1) is 0 Å². The van der Waals surface area contributed by atoms with Gasteiger partial charge in [-0.3, -0.25) is 4.98 Å². The van der Waals surface area contributed by atoms with Crippen molar-refractivity contribution in [2.75, 3.05) is 5.73 Å². The second kappa shape index (κ2) is 5.39. The summed E-state index contributed by atoms with van der Waals surface area (Å²) in [6, 6.07) is 15.0. The zero-order chi connectivity index (χ0) is 13.9. The van der Waals surface area contributed by atoms with E-state index in [2.05, 4.69) is 4.98 Å². The Morgan fingerprint density at radius 1 is 1.05 bits per heavy atom. The number of pyridine rings is 1. The third-order valence-electron chi connectivity index (χ3n) is 3.11. The number of anilines is 1. The SMILES string of the molecule is Nc1ccc(COc2ccccc2Cl)c2ncccc12. The maximum Gasteiger partial charge on any atom is 0.138 e. The summed E-state index contributed by atoms with van der Waals surface area (Å²) in [4.78, 5) is 4.38. The van der Waals surface area contributed by atoms with Crippen molar-refractivity contribution in [3.8, 4) is 5.75 Å². The molecule has 0 aliphatic heterocycles. The summed E-state index contributed by atoms with van der Waals surface area (Å²) in [5.41, 5.74) is 8.51. The van der Waals surface area contributed by atoms with Gasteiger partial charge in [-0.2, -0.15) is 0 Å². The first-order valence-corrected chi connectivity index (χ1v) is 6.63. The first-order valence-electron chi connectivity index (χ1n) is 6.25. The Morgan fingerprint density at radius 3 is 2.75 bits per heavy atom. The fraction of sp³-hybridized carbons (Fsp3) is 0.0625. The molecule has 0 saturated carbocycles. The average Bonchev–Trinajstić information content (AvgIpc) is 2.48. The van der Waals surface area contributed by atoms with Crippen molar-refractivity contribution >= 4 is 28.2 Å². The van der Waals surface area contributed by atoms with Crippen molar-refractivity contribution in [2.24, 2.45) is 0 Å². The van der Waals surface area contributed by atoms with Crippen LogP contribution in [0.5, 0.6) is 5.75 Å². The molecule has 0 amide bonds. The van der Waals surface area contributed by atoms with Crippen LogP contribution in [-0.2, 0) is 6.61 Å². The van der Waals surface area contributed by atoms with E-state index < -0.39 is 0 Å². The Labute approximate surface area is 122 Å². The molecule has 3 nitrogen and oxygen atoms in total. The molecule has 100 valence electrons. The summed E-state index contributed by atoms with van der Waals surface area (Å²) in [5, 5.41) is 1.54. The van der Waals surface area contributed by atoms with Gasteiger partial charge in [0.05, 0.1) is 10.5 Å². The van der Waals surface area contributed by atoms with Gasteiger partial charge < -0.3 is 10.5 Å². The van der Waals surface area contributed by atoms with Gasteiger partial charge in [0.1, 0.15) is 12.4 Å². The summed E-state index contributed by atoms with van der Waals surface area (Å²) in [5.74, 6) is 0.662. The monoisotopic (exact) mass is 284 g/mol. The van der Waals surface area contributed by atoms with Crippen LogP contribution in [0.25, 0.3) is 10.9 Å². The zero-order valence-electron chi connectivity index (χ0n) is 10.7. The molecule has 4 heteroatoms. The van der Waals surface area contributed by atoms with Crippen molar-refractivity contribution < 1.29 is 4.74 Å². The van der Waals surface area contributed by atoms with Crippen LogP contribution in [0.1, 0.15) is 5.56 Å². The highest BCUT2D eigenvalue weighted by molar-refractivity contribution is 6.32. The van der Waals surface area contributed by atoms with Gasteiger partial charge >= 0.3 is 0 Å². The van der Waals surface area contributed by atoms with E-state index in [4.69, 9.17) is 22.1 Å². The molecule has 0 saturated heterocycles. The van der Waals surface area contributed by atoms with Crippen molar-refractivity contribution in [3.05, 3.63) is 65.3 Å². The number of fused-ring (bicyclic) bond motifs is 1. The van der Waals surface area contributed by atoms with Crippen molar-refractivity contribution in [1.29, 1.82) is 0 Å². The maximum absolute atomic E-state index is 6.07. The minimum absolute atomic E-state index is 0.400. The van der Waals surface area contributed by atoms with Crippen LogP contribution in [0.15, 0.2) is 54.7 Å². The zero-order valence-corrected chi connectivity index (χ0v) is 11.5. The van der Waals surface area contributed by atoms with E-state index in [-0.39, 0.29) is 0 Å². The van der Waals surface area contributed by atoms with Crippen LogP contribution in [0.3, 0.4) is 0 Å². The average molecular weight is 285 g/mol. The Kier molecular flexibility index (Phi) is 3.44. The van der Waals surface area contributed by atoms with Gasteiger partial charge in [0.25, 0.3) is 0 Å². The molecule has 0 fully saturated rings. The summed E-state index contributed by atoms with van der Waals surface area (Å²) < 4.78 is 5.76. The molecule has 0 bridgehead atoms. The number of rotatable bonds is 3. The number of nitrogen functional groups attached to an aromatic ring is 1. The Hall–Kier alpha value is -2.26. The lowest BCUT2D eigenvalue weighted by molar-refractivity contribution is 0.307. The minimum Gasteiger partial charge on any atom is -0.487 e. The lowest BCUT2D eigenvalue weighted by Crippen LogP contribution is -1.99. The molecular weight excluding hydrogens is 272 g/mol. The second-order valence-electron chi connectivity index (χ2n) is 4.43. The van der Waals surface area contributed by atoms with E-state index in [0.717, 1.165) is 22.2 Å². The van der Waals surface area contributed by atoms with E-state index in [9.17, 15) is 0 Å². The van der Waals surface area contributed by atoms with Gasteiger partial charge in [-0.15, -0.1) is 0 Å². The molecule has 2 aromatic carbocycles. The first-order chi connectivity index (χ1) is 9.75. The summed E-state index contributed by atoms with van der Waals surface area (Å²) in [6.45, 7) is 0.400. The lowest BCUT2D eigenvalue weighted by Gasteiger charge is -2.10. The van der Waals surface area contributed by atoms with Gasteiger partial charge in [0.2, 0.25) is 0 Å². The van der Waals surface area contributed by atoms with Crippen molar-refractivity contribution in [3.63, 3.8) is 0 Å². The quantitative estimate of drug-likeness (QED) is 0.738. The number of hydrogen-bond donors (Lipinski definition) is 1. The molecule has 3 aromatic rings. The van der Waals surface area contributed by atoms with Gasteiger partial charge in [-0.25, -0.2) is 0 Å². The highest BCUT2D eigenvalue weighted by Gasteiger charge is 2.07. The molecule has 0 aliphatic carbocycles. The molecule has 1 heterocycles. The molecule has 0 aliphatic rings. The number of para-hydroxylation sites is 1. The van der Waals surface area contributed by atoms with E-state index in [1.54, 1.807) is 12.3 Å². The normalized spacial score (nSPS) is 10.7. The molecule has 3 rings (SSSR count). The molecule has 2 N–H and O–H groups in total. The largest absolute Gasteiger partial charge is 0.487 e. The Balaban J connectivity index is 1.92. The molecule has 0 spiro atoms.